The minimum Gasteiger partial charge on any atom is -0.478 e. The van der Waals surface area contributed by atoms with Crippen molar-refractivity contribution in [1.29, 1.82) is 0 Å². The molecule has 1 atom stereocenters. The first-order valence-corrected chi connectivity index (χ1v) is 4.85. The summed E-state index contributed by atoms with van der Waals surface area (Å²) in [6.07, 6.45) is -0.542. The fourth-order valence-corrected chi connectivity index (χ4v) is 1.53. The summed E-state index contributed by atoms with van der Waals surface area (Å²) in [5, 5.41) is 2.69. The lowest BCUT2D eigenvalue weighted by molar-refractivity contribution is -0.125. The Morgan fingerprint density at radius 2 is 2.20 bits per heavy atom. The molecule has 1 unspecified atom stereocenters. The lowest BCUT2D eigenvalue weighted by atomic mass is 10.0. The third-order valence-corrected chi connectivity index (χ3v) is 2.32. The summed E-state index contributed by atoms with van der Waals surface area (Å²) < 4.78 is 18.4. The first-order valence-electron chi connectivity index (χ1n) is 4.85. The largest absolute Gasteiger partial charge is 0.478 e. The van der Waals surface area contributed by atoms with E-state index in [9.17, 15) is 9.18 Å². The van der Waals surface area contributed by atoms with E-state index in [0.717, 1.165) is 0 Å². The van der Waals surface area contributed by atoms with Gasteiger partial charge in [0.1, 0.15) is 11.6 Å². The van der Waals surface area contributed by atoms with E-state index in [4.69, 9.17) is 4.74 Å². The van der Waals surface area contributed by atoms with Crippen molar-refractivity contribution in [2.45, 2.75) is 20.0 Å². The lowest BCUT2D eigenvalue weighted by Crippen LogP contribution is -2.40. The fraction of sp³-hybridized carbons (Fsp3) is 0.364. The van der Waals surface area contributed by atoms with E-state index < -0.39 is 6.10 Å². The predicted octanol–water partition coefficient (Wildman–Crippen LogP) is 2.18. The van der Waals surface area contributed by atoms with Crippen LogP contribution in [-0.4, -0.2) is 12.0 Å². The normalized spacial score (nSPS) is 19.5. The van der Waals surface area contributed by atoms with E-state index >= 15 is 0 Å². The van der Waals surface area contributed by atoms with Crippen molar-refractivity contribution in [3.05, 3.63) is 24.0 Å². The molecule has 4 heteroatoms. The van der Waals surface area contributed by atoms with Crippen molar-refractivity contribution < 1.29 is 13.9 Å². The van der Waals surface area contributed by atoms with E-state index in [-0.39, 0.29) is 17.6 Å². The number of fused-ring (bicyclic) bond motifs is 1. The number of anilines is 1. The molecule has 1 N–H and O–H groups in total. The molecule has 0 fully saturated rings. The van der Waals surface area contributed by atoms with Crippen LogP contribution in [0.2, 0.25) is 0 Å². The zero-order chi connectivity index (χ0) is 11.0. The minimum absolute atomic E-state index is 0.0569. The lowest BCUT2D eigenvalue weighted by Gasteiger charge is -2.28. The molecule has 80 valence electrons. The molecule has 1 aromatic rings. The van der Waals surface area contributed by atoms with Crippen molar-refractivity contribution in [3.63, 3.8) is 0 Å². The maximum atomic E-state index is 12.9. The molecular formula is C11H12FNO2. The maximum Gasteiger partial charge on any atom is 0.265 e. The molecule has 0 aromatic heterocycles. The van der Waals surface area contributed by atoms with Crippen LogP contribution in [0.5, 0.6) is 5.75 Å². The van der Waals surface area contributed by atoms with Gasteiger partial charge in [0.25, 0.3) is 5.91 Å². The number of carbonyl (C=O) groups is 1. The maximum absolute atomic E-state index is 12.9. The number of hydrogen-bond donors (Lipinski definition) is 1. The quantitative estimate of drug-likeness (QED) is 0.769. The second-order valence-corrected chi connectivity index (χ2v) is 3.91. The fourth-order valence-electron chi connectivity index (χ4n) is 1.53. The van der Waals surface area contributed by atoms with Gasteiger partial charge in [-0.3, -0.25) is 4.79 Å². The first-order chi connectivity index (χ1) is 7.08. The van der Waals surface area contributed by atoms with Crippen LogP contribution in [0.3, 0.4) is 0 Å². The Hall–Kier alpha value is -1.58. The van der Waals surface area contributed by atoms with Gasteiger partial charge in [0.05, 0.1) is 5.69 Å². The van der Waals surface area contributed by atoms with Crippen molar-refractivity contribution >= 4 is 11.6 Å². The summed E-state index contributed by atoms with van der Waals surface area (Å²) in [6, 6.07) is 4.07. The van der Waals surface area contributed by atoms with Crippen LogP contribution >= 0.6 is 0 Å². The Kier molecular flexibility index (Phi) is 2.34. The summed E-state index contributed by atoms with van der Waals surface area (Å²) >= 11 is 0. The highest BCUT2D eigenvalue weighted by Gasteiger charge is 2.30. The Morgan fingerprint density at radius 1 is 1.47 bits per heavy atom. The zero-order valence-corrected chi connectivity index (χ0v) is 8.58. The minimum atomic E-state index is -0.542. The molecule has 0 radical (unpaired) electrons. The number of rotatable bonds is 1. The Morgan fingerprint density at radius 3 is 2.87 bits per heavy atom. The van der Waals surface area contributed by atoms with Gasteiger partial charge in [0.15, 0.2) is 6.10 Å². The smallest absolute Gasteiger partial charge is 0.265 e. The summed E-state index contributed by atoms with van der Waals surface area (Å²) in [4.78, 5) is 11.6. The van der Waals surface area contributed by atoms with Gasteiger partial charge >= 0.3 is 0 Å². The molecular weight excluding hydrogens is 197 g/mol. The van der Waals surface area contributed by atoms with Gasteiger partial charge in [-0.25, -0.2) is 4.39 Å². The molecule has 1 heterocycles. The highest BCUT2D eigenvalue weighted by Crippen LogP contribution is 2.31. The van der Waals surface area contributed by atoms with Crippen molar-refractivity contribution in [3.8, 4) is 5.75 Å². The molecule has 1 aliphatic heterocycles. The van der Waals surface area contributed by atoms with E-state index in [0.29, 0.717) is 11.4 Å². The van der Waals surface area contributed by atoms with Crippen LogP contribution in [0.1, 0.15) is 13.8 Å². The molecule has 0 aliphatic carbocycles. The molecule has 3 nitrogen and oxygen atoms in total. The van der Waals surface area contributed by atoms with Gasteiger partial charge in [-0.1, -0.05) is 13.8 Å². The van der Waals surface area contributed by atoms with Crippen LogP contribution < -0.4 is 10.1 Å². The van der Waals surface area contributed by atoms with Gasteiger partial charge in [-0.2, -0.15) is 0 Å². The Labute approximate surface area is 87.2 Å². The van der Waals surface area contributed by atoms with E-state index in [1.165, 1.54) is 18.2 Å². The zero-order valence-electron chi connectivity index (χ0n) is 8.58. The van der Waals surface area contributed by atoms with Gasteiger partial charge in [-0.05, 0) is 18.1 Å². The summed E-state index contributed by atoms with van der Waals surface area (Å²) in [5.74, 6) is -0.0915. The third kappa shape index (κ3) is 1.79. The van der Waals surface area contributed by atoms with Crippen molar-refractivity contribution in [1.82, 2.24) is 0 Å². The highest BCUT2D eigenvalue weighted by molar-refractivity contribution is 5.97. The number of benzene rings is 1. The highest BCUT2D eigenvalue weighted by atomic mass is 19.1. The van der Waals surface area contributed by atoms with E-state index in [2.05, 4.69) is 5.32 Å². The molecule has 0 spiro atoms. The summed E-state index contributed by atoms with van der Waals surface area (Å²) in [6.45, 7) is 3.77. The van der Waals surface area contributed by atoms with Crippen LogP contribution in [0.15, 0.2) is 18.2 Å². The number of ether oxygens (including phenoxy) is 1. The van der Waals surface area contributed by atoms with Crippen LogP contribution in [-0.2, 0) is 4.79 Å². The van der Waals surface area contributed by atoms with Crippen LogP contribution in [0.4, 0.5) is 10.1 Å². The monoisotopic (exact) mass is 209 g/mol. The SMILES string of the molecule is CC(C)C1Oc2cc(F)ccc2NC1=O. The molecule has 1 amide bonds. The molecule has 0 saturated carbocycles. The van der Waals surface area contributed by atoms with Crippen molar-refractivity contribution in [2.75, 3.05) is 5.32 Å². The van der Waals surface area contributed by atoms with Crippen molar-refractivity contribution in [2.24, 2.45) is 5.92 Å². The standard InChI is InChI=1S/C11H12FNO2/c1-6(2)10-11(14)13-8-4-3-7(12)5-9(8)15-10/h3-6,10H,1-2H3,(H,13,14). The second-order valence-electron chi connectivity index (χ2n) is 3.91. The van der Waals surface area contributed by atoms with Crippen LogP contribution in [0.25, 0.3) is 0 Å². The average Bonchev–Trinajstić information content (AvgIpc) is 2.17. The third-order valence-electron chi connectivity index (χ3n) is 2.32. The van der Waals surface area contributed by atoms with Gasteiger partial charge in [0, 0.05) is 6.07 Å². The second kappa shape index (κ2) is 3.53. The number of carbonyl (C=O) groups excluding carboxylic acids is 1. The number of halogens is 1. The van der Waals surface area contributed by atoms with Gasteiger partial charge in [-0.15, -0.1) is 0 Å². The predicted molar refractivity (Wildman–Crippen MR) is 54.3 cm³/mol. The number of hydrogen-bond acceptors (Lipinski definition) is 2. The van der Waals surface area contributed by atoms with Crippen LogP contribution in [0, 0.1) is 11.7 Å². The number of amides is 1. The Bertz CT molecular complexity index is 404. The summed E-state index contributed by atoms with van der Waals surface area (Å²) in [5.41, 5.74) is 0.526. The number of nitrogens with one attached hydrogen (secondary N) is 1. The molecule has 1 aromatic carbocycles. The summed E-state index contributed by atoms with van der Waals surface area (Å²) in [7, 11) is 0. The molecule has 15 heavy (non-hydrogen) atoms. The molecule has 2 rings (SSSR count). The first kappa shape index (κ1) is 9.96. The molecule has 0 bridgehead atoms. The molecule has 0 saturated heterocycles. The van der Waals surface area contributed by atoms with E-state index in [1.54, 1.807) is 0 Å². The average molecular weight is 209 g/mol. The van der Waals surface area contributed by atoms with Gasteiger partial charge < -0.3 is 10.1 Å². The van der Waals surface area contributed by atoms with E-state index in [1.807, 2.05) is 13.8 Å². The topological polar surface area (TPSA) is 38.3 Å². The van der Waals surface area contributed by atoms with Gasteiger partial charge in [0.2, 0.25) is 0 Å². The molecule has 1 aliphatic rings. The Balaban J connectivity index is 2.34.